The maximum absolute atomic E-state index is 8.63. The van der Waals surface area contributed by atoms with Crippen molar-refractivity contribution >= 4 is 32.0 Å². The molecule has 82 valence electrons. The van der Waals surface area contributed by atoms with E-state index in [0.717, 1.165) is 10.0 Å². The molecule has 0 fully saturated rings. The minimum Gasteiger partial charge on any atom is -0.726 e. The molecule has 0 radical (unpaired) electrons. The highest BCUT2D eigenvalue weighted by molar-refractivity contribution is 9.10. The van der Waals surface area contributed by atoms with E-state index < -0.39 is 10.4 Å². The maximum atomic E-state index is 8.63. The fourth-order valence-electron chi connectivity index (χ4n) is 0.731. The fourth-order valence-corrected chi connectivity index (χ4v) is 1.21. The average molecular weight is 295 g/mol. The van der Waals surface area contributed by atoms with E-state index >= 15 is 0 Å². The zero-order chi connectivity index (χ0) is 12.1. The summed E-state index contributed by atoms with van der Waals surface area (Å²) in [6.45, 7) is 1.89. The van der Waals surface area contributed by atoms with Crippen LogP contribution in [-0.4, -0.2) is 17.5 Å². The highest BCUT2D eigenvalue weighted by atomic mass is 79.9. The molecule has 0 saturated carbocycles. The molecular formula is C7H7BrN2O4S. The van der Waals surface area contributed by atoms with Crippen molar-refractivity contribution in [2.24, 2.45) is 0 Å². The third-order valence-corrected chi connectivity index (χ3v) is 1.76. The van der Waals surface area contributed by atoms with E-state index in [0.29, 0.717) is 5.69 Å². The molecule has 1 aromatic carbocycles. The maximum Gasteiger partial charge on any atom is 0.387 e. The number of nitrogens with zero attached hydrogens (tertiary/aromatic N) is 2. The SMILES string of the molecule is Cc1cc(Br)ccc1[N+]#N.O=S(=O)([O-])O. The van der Waals surface area contributed by atoms with Crippen LogP contribution in [0.4, 0.5) is 5.69 Å². The molecule has 0 unspecified atom stereocenters. The summed E-state index contributed by atoms with van der Waals surface area (Å²) in [5.74, 6) is 0. The quantitative estimate of drug-likeness (QED) is 0.449. The van der Waals surface area contributed by atoms with Crippen LogP contribution < -0.4 is 0 Å². The number of hydrogen-bond donors (Lipinski definition) is 1. The first kappa shape index (κ1) is 14.0. The predicted molar refractivity (Wildman–Crippen MR) is 55.9 cm³/mol. The molecule has 0 amide bonds. The zero-order valence-corrected chi connectivity index (χ0v) is 9.99. The summed E-state index contributed by atoms with van der Waals surface area (Å²) in [5.41, 5.74) is 1.57. The summed E-state index contributed by atoms with van der Waals surface area (Å²) in [7, 11) is -4.92. The second kappa shape index (κ2) is 5.77. The van der Waals surface area contributed by atoms with E-state index in [1.807, 2.05) is 19.1 Å². The van der Waals surface area contributed by atoms with Gasteiger partial charge in [0.05, 0.1) is 0 Å². The number of benzene rings is 1. The van der Waals surface area contributed by atoms with Crippen LogP contribution in [0.25, 0.3) is 4.98 Å². The third kappa shape index (κ3) is 8.02. The first-order valence-electron chi connectivity index (χ1n) is 3.53. The molecule has 1 rings (SSSR count). The second-order valence-electron chi connectivity index (χ2n) is 2.46. The van der Waals surface area contributed by atoms with Gasteiger partial charge in [0.1, 0.15) is 0 Å². The van der Waals surface area contributed by atoms with Crippen LogP contribution in [-0.2, 0) is 10.4 Å². The Hall–Kier alpha value is -1.01. The molecule has 0 spiro atoms. The first-order valence-corrected chi connectivity index (χ1v) is 5.69. The van der Waals surface area contributed by atoms with Crippen LogP contribution in [0.5, 0.6) is 0 Å². The van der Waals surface area contributed by atoms with E-state index in [1.54, 1.807) is 6.07 Å². The molecule has 0 aliphatic heterocycles. The van der Waals surface area contributed by atoms with Crippen molar-refractivity contribution in [2.45, 2.75) is 6.92 Å². The van der Waals surface area contributed by atoms with Crippen LogP contribution in [0.1, 0.15) is 5.56 Å². The van der Waals surface area contributed by atoms with Crippen molar-refractivity contribution in [3.05, 3.63) is 33.2 Å². The molecule has 0 heterocycles. The lowest BCUT2D eigenvalue weighted by molar-refractivity contribution is 0.366. The van der Waals surface area contributed by atoms with Gasteiger partial charge in [-0.3, -0.25) is 4.55 Å². The van der Waals surface area contributed by atoms with Gasteiger partial charge in [-0.25, -0.2) is 8.42 Å². The topological polar surface area (TPSA) is 106 Å². The van der Waals surface area contributed by atoms with Gasteiger partial charge in [0.2, 0.25) is 15.8 Å². The van der Waals surface area contributed by atoms with E-state index in [2.05, 4.69) is 20.9 Å². The molecule has 15 heavy (non-hydrogen) atoms. The Balaban J connectivity index is 0.000000336. The van der Waals surface area contributed by atoms with Crippen molar-refractivity contribution in [3.63, 3.8) is 0 Å². The highest BCUT2D eigenvalue weighted by Crippen LogP contribution is 2.21. The molecule has 0 bridgehead atoms. The number of diazo groups is 1. The van der Waals surface area contributed by atoms with Crippen LogP contribution in [0, 0.1) is 12.3 Å². The van der Waals surface area contributed by atoms with E-state index in [9.17, 15) is 0 Å². The van der Waals surface area contributed by atoms with Crippen LogP contribution in [0.2, 0.25) is 0 Å². The van der Waals surface area contributed by atoms with Gasteiger partial charge in [0, 0.05) is 16.1 Å². The number of aryl methyl sites for hydroxylation is 1. The normalized spacial score (nSPS) is 9.80. The van der Waals surface area contributed by atoms with Crippen molar-refractivity contribution in [1.82, 2.24) is 0 Å². The van der Waals surface area contributed by atoms with Crippen molar-refractivity contribution in [2.75, 3.05) is 0 Å². The summed E-state index contributed by atoms with van der Waals surface area (Å²) >= 11 is 3.30. The molecule has 8 heteroatoms. The lowest BCUT2D eigenvalue weighted by atomic mass is 10.2. The molecule has 0 saturated heterocycles. The molecule has 0 aliphatic rings. The lowest BCUT2D eigenvalue weighted by Crippen LogP contribution is -1.90. The monoisotopic (exact) mass is 294 g/mol. The van der Waals surface area contributed by atoms with Crippen LogP contribution in [0.3, 0.4) is 0 Å². The number of rotatable bonds is 0. The largest absolute Gasteiger partial charge is 0.726 e. The summed E-state index contributed by atoms with van der Waals surface area (Å²) < 4.78 is 33.8. The van der Waals surface area contributed by atoms with Crippen molar-refractivity contribution in [3.8, 4) is 0 Å². The molecule has 6 nitrogen and oxygen atoms in total. The van der Waals surface area contributed by atoms with Gasteiger partial charge >= 0.3 is 5.69 Å². The predicted octanol–water partition coefficient (Wildman–Crippen LogP) is 2.25. The summed E-state index contributed by atoms with van der Waals surface area (Å²) in [4.78, 5) is 3.09. The first-order chi connectivity index (χ1) is 6.74. The molecule has 1 aromatic rings. The van der Waals surface area contributed by atoms with Gasteiger partial charge in [0.25, 0.3) is 0 Å². The zero-order valence-electron chi connectivity index (χ0n) is 7.58. The lowest BCUT2D eigenvalue weighted by Gasteiger charge is -1.88. The third-order valence-electron chi connectivity index (χ3n) is 1.27. The van der Waals surface area contributed by atoms with E-state index in [-0.39, 0.29) is 0 Å². The molecular weight excluding hydrogens is 288 g/mol. The Labute approximate surface area is 95.3 Å². The van der Waals surface area contributed by atoms with Gasteiger partial charge in [0.15, 0.2) is 4.98 Å². The minimum atomic E-state index is -4.92. The van der Waals surface area contributed by atoms with Crippen molar-refractivity contribution in [1.29, 1.82) is 5.39 Å². The summed E-state index contributed by atoms with van der Waals surface area (Å²) in [6, 6.07) is 5.48. The Bertz CT molecular complexity index is 472. The average Bonchev–Trinajstić information content (AvgIpc) is 2.01. The number of hydrogen-bond acceptors (Lipinski definition) is 4. The standard InChI is InChI=1S/C7H6BrN2.H2O4S/c1-5-4-6(8)2-3-7(5)10-9;1-5(2,3)4/h2-4H,1H3;(H2,1,2,3,4)/q+1;/p-1. The smallest absolute Gasteiger partial charge is 0.387 e. The Morgan fingerprint density at radius 3 is 2.33 bits per heavy atom. The fraction of sp³-hybridized carbons (Fsp3) is 0.143. The molecule has 0 aliphatic carbocycles. The molecule has 0 aromatic heterocycles. The second-order valence-corrected chi connectivity index (χ2v) is 4.23. The Morgan fingerprint density at radius 2 is 2.00 bits per heavy atom. The van der Waals surface area contributed by atoms with Gasteiger partial charge in [-0.05, 0) is 19.1 Å². The highest BCUT2D eigenvalue weighted by Gasteiger charge is 2.07. The molecule has 1 N–H and O–H groups in total. The van der Waals surface area contributed by atoms with Gasteiger partial charge in [-0.2, -0.15) is 0 Å². The van der Waals surface area contributed by atoms with Crippen LogP contribution in [0.15, 0.2) is 22.7 Å². The minimum absolute atomic E-state index is 0.614. The van der Waals surface area contributed by atoms with Gasteiger partial charge in [-0.15, -0.1) is 0 Å². The summed E-state index contributed by atoms with van der Waals surface area (Å²) in [6.07, 6.45) is 0. The Morgan fingerprint density at radius 1 is 1.53 bits per heavy atom. The Kier molecular flexibility index (Phi) is 5.38. The van der Waals surface area contributed by atoms with Gasteiger partial charge in [-0.1, -0.05) is 15.9 Å². The van der Waals surface area contributed by atoms with Gasteiger partial charge < -0.3 is 4.55 Å². The van der Waals surface area contributed by atoms with Crippen molar-refractivity contribution < 1.29 is 17.5 Å². The van der Waals surface area contributed by atoms with E-state index in [4.69, 9.17) is 22.9 Å². The summed E-state index contributed by atoms with van der Waals surface area (Å²) in [5, 5.41) is 8.42. The molecule has 0 atom stereocenters. The van der Waals surface area contributed by atoms with Crippen LogP contribution >= 0.6 is 15.9 Å². The van der Waals surface area contributed by atoms with E-state index in [1.165, 1.54) is 0 Å². The number of halogens is 1.